The molecule has 3 unspecified atom stereocenters. The molecule has 1 N–H and O–H groups in total. The summed E-state index contributed by atoms with van der Waals surface area (Å²) in [5.74, 6) is -2.33. The predicted molar refractivity (Wildman–Crippen MR) is 141 cm³/mol. The fourth-order valence-corrected chi connectivity index (χ4v) is 5.30. The van der Waals surface area contributed by atoms with E-state index in [0.717, 1.165) is 0 Å². The van der Waals surface area contributed by atoms with Gasteiger partial charge in [-0.15, -0.1) is 0 Å². The number of hydrogen-bond acceptors (Lipinski definition) is 13. The number of benzene rings is 2. The lowest BCUT2D eigenvalue weighted by molar-refractivity contribution is -0.385. The van der Waals surface area contributed by atoms with E-state index in [2.05, 4.69) is 5.32 Å². The normalized spacial score (nSPS) is 21.5. The summed E-state index contributed by atoms with van der Waals surface area (Å²) in [6.45, 7) is 0.766. The molecule has 0 aromatic heterocycles. The zero-order valence-corrected chi connectivity index (χ0v) is 22.8. The van der Waals surface area contributed by atoms with Crippen molar-refractivity contribution in [2.24, 2.45) is 0 Å². The molecule has 0 bridgehead atoms. The number of hydroxylamine groups is 2. The van der Waals surface area contributed by atoms with Crippen molar-refractivity contribution in [2.75, 3.05) is 12.4 Å². The molecule has 16 nitrogen and oxygen atoms in total. The number of nitrogens with zero attached hydrogens (tertiary/aromatic N) is 3. The van der Waals surface area contributed by atoms with E-state index in [1.165, 1.54) is 60.3 Å². The first kappa shape index (κ1) is 30.2. The zero-order chi connectivity index (χ0) is 30.4. The van der Waals surface area contributed by atoms with E-state index in [0.29, 0.717) is 21.9 Å². The number of hydrogen-bond donors (Lipinski definition) is 1. The second kappa shape index (κ2) is 12.8. The number of nitrogens with one attached hydrogen (secondary N) is 1. The van der Waals surface area contributed by atoms with E-state index in [9.17, 15) is 39.4 Å². The third-order valence-corrected chi connectivity index (χ3v) is 7.44. The molecule has 222 valence electrons. The maximum atomic E-state index is 13.5. The van der Waals surface area contributed by atoms with Gasteiger partial charge in [-0.1, -0.05) is 6.92 Å². The van der Waals surface area contributed by atoms with Crippen molar-refractivity contribution in [3.63, 3.8) is 0 Å². The number of alkyl carbamates (subject to hydrolysis) is 1. The van der Waals surface area contributed by atoms with Crippen LogP contribution < -0.4 is 5.32 Å². The summed E-state index contributed by atoms with van der Waals surface area (Å²) >= 11 is 1.17. The highest BCUT2D eigenvalue weighted by atomic mass is 32.2. The molecule has 17 heteroatoms. The SMILES string of the molecule is CCSC1CC(=O)OC1(C(=O)OCc1ccc([N+](=O)[O-])cc1)N1OCC(NC(=O)OCc2ccc([N+](=O)[O-])cc2)C1=O. The highest BCUT2D eigenvalue weighted by molar-refractivity contribution is 8.00. The second-order valence-electron chi connectivity index (χ2n) is 8.94. The molecule has 0 spiro atoms. The Labute approximate surface area is 241 Å². The molecule has 2 fully saturated rings. The van der Waals surface area contributed by atoms with E-state index in [-0.39, 0.29) is 31.0 Å². The van der Waals surface area contributed by atoms with Crippen molar-refractivity contribution < 1.29 is 48.1 Å². The third kappa shape index (κ3) is 6.41. The van der Waals surface area contributed by atoms with Crippen molar-refractivity contribution in [3.8, 4) is 0 Å². The smallest absolute Gasteiger partial charge is 0.408 e. The Morgan fingerprint density at radius 3 is 2.07 bits per heavy atom. The van der Waals surface area contributed by atoms with Crippen molar-refractivity contribution >= 4 is 47.1 Å². The molecule has 2 heterocycles. The topological polar surface area (TPSA) is 207 Å². The largest absolute Gasteiger partial charge is 0.456 e. The van der Waals surface area contributed by atoms with Gasteiger partial charge in [0.1, 0.15) is 25.9 Å². The number of thioether (sulfide) groups is 1. The van der Waals surface area contributed by atoms with Gasteiger partial charge in [0.05, 0.1) is 21.5 Å². The van der Waals surface area contributed by atoms with E-state index in [1.54, 1.807) is 6.92 Å². The Hall–Kier alpha value is -4.77. The van der Waals surface area contributed by atoms with Gasteiger partial charge in [-0.05, 0) is 41.1 Å². The minimum atomic E-state index is -2.30. The molecule has 2 aliphatic heterocycles. The number of non-ortho nitro benzene ring substituents is 2. The van der Waals surface area contributed by atoms with Crippen LogP contribution in [0, 0.1) is 20.2 Å². The van der Waals surface area contributed by atoms with Gasteiger partial charge in [0, 0.05) is 24.3 Å². The number of rotatable bonds is 11. The molecule has 2 aromatic carbocycles. The van der Waals surface area contributed by atoms with Crippen LogP contribution in [-0.4, -0.2) is 68.2 Å². The van der Waals surface area contributed by atoms with E-state index < -0.39 is 57.4 Å². The lowest BCUT2D eigenvalue weighted by Gasteiger charge is -2.36. The molecule has 42 heavy (non-hydrogen) atoms. The summed E-state index contributed by atoms with van der Waals surface area (Å²) in [6, 6.07) is 9.23. The molecule has 0 aliphatic carbocycles. The summed E-state index contributed by atoms with van der Waals surface area (Å²) in [4.78, 5) is 77.6. The van der Waals surface area contributed by atoms with Crippen molar-refractivity contribution in [2.45, 2.75) is 43.6 Å². The Morgan fingerprint density at radius 1 is 1.00 bits per heavy atom. The standard InChI is InChI=1S/C25H24N4O12S/c1-2-42-20-11-21(30)41-25(20,23(32)38-12-15-3-7-17(8-4-15)28(34)35)27-22(31)19(14-40-27)26-24(33)39-13-16-5-9-18(10-6-16)29(36)37/h3-10,19-20H,2,11-14H2,1H3,(H,26,33). The predicted octanol–water partition coefficient (Wildman–Crippen LogP) is 2.38. The van der Waals surface area contributed by atoms with Crippen LogP contribution >= 0.6 is 11.8 Å². The van der Waals surface area contributed by atoms with Gasteiger partial charge >= 0.3 is 23.8 Å². The average Bonchev–Trinajstić information content (AvgIpc) is 3.50. The molecule has 2 aromatic rings. The summed E-state index contributed by atoms with van der Waals surface area (Å²) in [7, 11) is 0. The summed E-state index contributed by atoms with van der Waals surface area (Å²) in [5.41, 5.74) is -1.74. The number of nitro groups is 2. The Morgan fingerprint density at radius 2 is 1.55 bits per heavy atom. The van der Waals surface area contributed by atoms with Crippen LogP contribution in [0.4, 0.5) is 16.2 Å². The number of esters is 2. The van der Waals surface area contributed by atoms with Crippen LogP contribution in [0.3, 0.4) is 0 Å². The van der Waals surface area contributed by atoms with Gasteiger partial charge in [-0.2, -0.15) is 16.8 Å². The molecule has 3 atom stereocenters. The quantitative estimate of drug-likeness (QED) is 0.169. The van der Waals surface area contributed by atoms with Gasteiger partial charge in [0.2, 0.25) is 0 Å². The van der Waals surface area contributed by atoms with Crippen LogP contribution in [0.5, 0.6) is 0 Å². The second-order valence-corrected chi connectivity index (χ2v) is 10.4. The van der Waals surface area contributed by atoms with Crippen molar-refractivity contribution in [3.05, 3.63) is 79.9 Å². The number of carbonyl (C=O) groups is 4. The monoisotopic (exact) mass is 604 g/mol. The molecular weight excluding hydrogens is 580 g/mol. The van der Waals surface area contributed by atoms with Crippen LogP contribution in [-0.2, 0) is 46.6 Å². The highest BCUT2D eigenvalue weighted by Gasteiger charge is 2.65. The maximum absolute atomic E-state index is 13.5. The van der Waals surface area contributed by atoms with Crippen LogP contribution in [0.25, 0.3) is 0 Å². The minimum Gasteiger partial charge on any atom is -0.456 e. The van der Waals surface area contributed by atoms with Gasteiger partial charge in [-0.3, -0.25) is 34.7 Å². The average molecular weight is 605 g/mol. The van der Waals surface area contributed by atoms with Crippen LogP contribution in [0.15, 0.2) is 48.5 Å². The molecule has 4 rings (SSSR count). The fraction of sp³-hybridized carbons (Fsp3) is 0.360. The number of ether oxygens (including phenoxy) is 3. The maximum Gasteiger partial charge on any atom is 0.408 e. The number of carbonyl (C=O) groups excluding carboxylic acids is 4. The first-order valence-electron chi connectivity index (χ1n) is 12.4. The molecule has 2 aliphatic rings. The Kier molecular flexibility index (Phi) is 9.21. The minimum absolute atomic E-state index is 0.135. The highest BCUT2D eigenvalue weighted by Crippen LogP contribution is 2.42. The molecule has 2 saturated heterocycles. The van der Waals surface area contributed by atoms with Crippen molar-refractivity contribution in [1.82, 2.24) is 10.4 Å². The number of nitro benzene ring substituents is 2. The molecular formula is C25H24N4O12S. The van der Waals surface area contributed by atoms with Gasteiger partial charge in [0.15, 0.2) is 0 Å². The lowest BCUT2D eigenvalue weighted by atomic mass is 10.1. The van der Waals surface area contributed by atoms with Crippen LogP contribution in [0.1, 0.15) is 24.5 Å². The zero-order valence-electron chi connectivity index (χ0n) is 22.0. The van der Waals surface area contributed by atoms with Gasteiger partial charge < -0.3 is 19.5 Å². The molecule has 0 saturated carbocycles. The molecule has 0 radical (unpaired) electrons. The summed E-state index contributed by atoms with van der Waals surface area (Å²) < 4.78 is 15.9. The van der Waals surface area contributed by atoms with Gasteiger partial charge in [-0.25, -0.2) is 9.59 Å². The third-order valence-electron chi connectivity index (χ3n) is 6.21. The summed E-state index contributed by atoms with van der Waals surface area (Å²) in [5, 5.41) is 23.7. The lowest BCUT2D eigenvalue weighted by Crippen LogP contribution is -2.62. The first-order valence-corrected chi connectivity index (χ1v) is 13.5. The Bertz CT molecular complexity index is 1390. The number of cyclic esters (lactones) is 1. The van der Waals surface area contributed by atoms with E-state index in [4.69, 9.17) is 19.0 Å². The summed E-state index contributed by atoms with van der Waals surface area (Å²) in [6.07, 6.45) is -1.23. The van der Waals surface area contributed by atoms with E-state index >= 15 is 0 Å². The fourth-order valence-electron chi connectivity index (χ4n) is 4.17. The van der Waals surface area contributed by atoms with E-state index in [1.807, 2.05) is 0 Å². The number of amides is 2. The molecule has 2 amide bonds. The first-order chi connectivity index (χ1) is 20.0. The Balaban J connectivity index is 1.44. The van der Waals surface area contributed by atoms with Crippen LogP contribution in [0.2, 0.25) is 0 Å². The van der Waals surface area contributed by atoms with Crippen molar-refractivity contribution in [1.29, 1.82) is 0 Å². The van der Waals surface area contributed by atoms with Gasteiger partial charge in [0.25, 0.3) is 17.3 Å².